The predicted octanol–water partition coefficient (Wildman–Crippen LogP) is 4.74. The maximum Gasteiger partial charge on any atom is 0.250 e. The Hall–Kier alpha value is -3.22. The number of ether oxygens (including phenoxy) is 3. The molecule has 2 aromatic rings. The summed E-state index contributed by atoms with van der Waals surface area (Å²) in [6.45, 7) is 2.89. The van der Waals surface area contributed by atoms with Crippen LogP contribution in [0.3, 0.4) is 0 Å². The Morgan fingerprint density at radius 1 is 0.886 bits per heavy atom. The van der Waals surface area contributed by atoms with Crippen molar-refractivity contribution in [3.8, 4) is 17.2 Å². The van der Waals surface area contributed by atoms with Crippen molar-refractivity contribution in [3.05, 3.63) is 53.6 Å². The number of rotatable bonds is 8. The van der Waals surface area contributed by atoms with Crippen LogP contribution in [-0.4, -0.2) is 55.0 Å². The van der Waals surface area contributed by atoms with E-state index in [1.165, 1.54) is 12.8 Å². The lowest BCUT2D eigenvalue weighted by atomic mass is 9.96. The molecule has 0 radical (unpaired) electrons. The van der Waals surface area contributed by atoms with Crippen LogP contribution in [-0.2, 0) is 16.1 Å². The van der Waals surface area contributed by atoms with E-state index in [1.807, 2.05) is 54.3 Å². The van der Waals surface area contributed by atoms with Gasteiger partial charge in [0.05, 0.1) is 20.8 Å². The van der Waals surface area contributed by atoms with E-state index in [1.54, 1.807) is 19.1 Å². The van der Waals surface area contributed by atoms with Crippen LogP contribution in [0.15, 0.2) is 42.5 Å². The summed E-state index contributed by atoms with van der Waals surface area (Å²) in [5.74, 6) is 1.87. The van der Waals surface area contributed by atoms with Crippen molar-refractivity contribution in [2.24, 2.45) is 0 Å². The van der Waals surface area contributed by atoms with Crippen molar-refractivity contribution >= 4 is 11.8 Å². The molecule has 0 aromatic heterocycles. The minimum Gasteiger partial charge on any atom is -0.497 e. The number of carbonyl (C=O) groups excluding carboxylic acids is 2. The number of carbonyl (C=O) groups is 2. The normalized spacial score (nSPS) is 19.5. The molecule has 35 heavy (non-hydrogen) atoms. The summed E-state index contributed by atoms with van der Waals surface area (Å²) in [6, 6.07) is 12.5. The van der Waals surface area contributed by atoms with E-state index in [2.05, 4.69) is 0 Å². The van der Waals surface area contributed by atoms with E-state index in [4.69, 9.17) is 14.2 Å². The molecule has 188 valence electrons. The monoisotopic (exact) mass is 480 g/mol. The molecule has 0 bridgehead atoms. The number of amides is 2. The Morgan fingerprint density at radius 2 is 1.60 bits per heavy atom. The van der Waals surface area contributed by atoms with Crippen molar-refractivity contribution < 1.29 is 23.8 Å². The van der Waals surface area contributed by atoms with Crippen LogP contribution in [0.4, 0.5) is 0 Å². The van der Waals surface area contributed by atoms with Crippen molar-refractivity contribution in [2.45, 2.75) is 64.1 Å². The lowest BCUT2D eigenvalue weighted by Crippen LogP contribution is -2.57. The SMILES string of the molecule is CCOc1ccc([C@H]2C(=O)N(C3CCCCCC3)CC(=O)N2Cc2ccc(OC)cc2)cc1OC. The van der Waals surface area contributed by atoms with Gasteiger partial charge in [-0.2, -0.15) is 0 Å². The molecule has 1 atom stereocenters. The molecule has 2 amide bonds. The summed E-state index contributed by atoms with van der Waals surface area (Å²) in [5.41, 5.74) is 1.67. The van der Waals surface area contributed by atoms with Crippen LogP contribution in [0.25, 0.3) is 0 Å². The average molecular weight is 481 g/mol. The molecular weight excluding hydrogens is 444 g/mol. The van der Waals surface area contributed by atoms with Crippen molar-refractivity contribution in [2.75, 3.05) is 27.4 Å². The molecule has 1 aliphatic carbocycles. The first-order valence-electron chi connectivity index (χ1n) is 12.6. The highest BCUT2D eigenvalue weighted by atomic mass is 16.5. The second-order valence-corrected chi connectivity index (χ2v) is 9.23. The molecule has 7 nitrogen and oxygen atoms in total. The summed E-state index contributed by atoms with van der Waals surface area (Å²) in [6.07, 6.45) is 6.48. The van der Waals surface area contributed by atoms with Crippen molar-refractivity contribution in [3.63, 3.8) is 0 Å². The molecule has 1 saturated heterocycles. The van der Waals surface area contributed by atoms with Gasteiger partial charge >= 0.3 is 0 Å². The Balaban J connectivity index is 1.70. The van der Waals surface area contributed by atoms with Gasteiger partial charge in [0.25, 0.3) is 5.91 Å². The molecule has 2 aromatic carbocycles. The van der Waals surface area contributed by atoms with Gasteiger partial charge in [-0.15, -0.1) is 0 Å². The van der Waals surface area contributed by atoms with Gasteiger partial charge in [-0.1, -0.05) is 43.9 Å². The highest BCUT2D eigenvalue weighted by Gasteiger charge is 2.43. The highest BCUT2D eigenvalue weighted by Crippen LogP contribution is 2.37. The molecule has 4 rings (SSSR count). The van der Waals surface area contributed by atoms with Gasteiger partial charge in [0.15, 0.2) is 11.5 Å². The smallest absolute Gasteiger partial charge is 0.250 e. The van der Waals surface area contributed by atoms with Crippen molar-refractivity contribution in [1.82, 2.24) is 9.80 Å². The molecule has 0 unspecified atom stereocenters. The molecule has 0 N–H and O–H groups in total. The first-order valence-corrected chi connectivity index (χ1v) is 12.6. The molecule has 2 aliphatic rings. The molecule has 1 aliphatic heterocycles. The van der Waals surface area contributed by atoms with E-state index in [9.17, 15) is 9.59 Å². The zero-order valence-corrected chi connectivity index (χ0v) is 21.0. The summed E-state index contributed by atoms with van der Waals surface area (Å²) in [4.78, 5) is 31.1. The lowest BCUT2D eigenvalue weighted by Gasteiger charge is -2.43. The number of methoxy groups -OCH3 is 2. The van der Waals surface area contributed by atoms with Crippen LogP contribution in [0.2, 0.25) is 0 Å². The van der Waals surface area contributed by atoms with Gasteiger partial charge in [0.1, 0.15) is 18.3 Å². The summed E-state index contributed by atoms with van der Waals surface area (Å²) < 4.78 is 16.5. The second-order valence-electron chi connectivity index (χ2n) is 9.23. The van der Waals surface area contributed by atoms with Crippen LogP contribution >= 0.6 is 0 Å². The van der Waals surface area contributed by atoms with Crippen LogP contribution in [0, 0.1) is 0 Å². The number of hydrogen-bond acceptors (Lipinski definition) is 5. The highest BCUT2D eigenvalue weighted by molar-refractivity contribution is 5.96. The van der Waals surface area contributed by atoms with Gasteiger partial charge in [-0.3, -0.25) is 9.59 Å². The van der Waals surface area contributed by atoms with Crippen LogP contribution < -0.4 is 14.2 Å². The van der Waals surface area contributed by atoms with Crippen molar-refractivity contribution in [1.29, 1.82) is 0 Å². The molecular formula is C28H36N2O5. The van der Waals surface area contributed by atoms with Gasteiger partial charge in [-0.05, 0) is 55.2 Å². The zero-order valence-electron chi connectivity index (χ0n) is 21.0. The van der Waals surface area contributed by atoms with E-state index >= 15 is 0 Å². The average Bonchev–Trinajstić information content (AvgIpc) is 3.17. The Kier molecular flexibility index (Phi) is 8.16. The van der Waals surface area contributed by atoms with E-state index < -0.39 is 6.04 Å². The van der Waals surface area contributed by atoms with E-state index in [-0.39, 0.29) is 24.4 Å². The molecule has 1 heterocycles. The maximum atomic E-state index is 14.0. The Labute approximate surface area is 207 Å². The Bertz CT molecular complexity index is 1010. The van der Waals surface area contributed by atoms with Crippen LogP contribution in [0.5, 0.6) is 17.2 Å². The predicted molar refractivity (Wildman–Crippen MR) is 134 cm³/mol. The molecule has 0 spiro atoms. The molecule has 1 saturated carbocycles. The third kappa shape index (κ3) is 5.55. The lowest BCUT2D eigenvalue weighted by molar-refractivity contribution is -0.159. The fourth-order valence-corrected chi connectivity index (χ4v) is 5.19. The fraction of sp³-hybridized carbons (Fsp3) is 0.500. The first-order chi connectivity index (χ1) is 17.0. The maximum absolute atomic E-state index is 14.0. The third-order valence-electron chi connectivity index (χ3n) is 7.04. The van der Waals surface area contributed by atoms with E-state index in [0.29, 0.717) is 24.7 Å². The number of piperazine rings is 1. The Morgan fingerprint density at radius 3 is 2.23 bits per heavy atom. The van der Waals surface area contributed by atoms with Gasteiger partial charge in [0.2, 0.25) is 5.91 Å². The first kappa shape index (κ1) is 24.9. The topological polar surface area (TPSA) is 68.3 Å². The summed E-state index contributed by atoms with van der Waals surface area (Å²) >= 11 is 0. The summed E-state index contributed by atoms with van der Waals surface area (Å²) in [7, 11) is 3.21. The minimum atomic E-state index is -0.716. The second kappa shape index (κ2) is 11.5. The number of hydrogen-bond donors (Lipinski definition) is 0. The van der Waals surface area contributed by atoms with Gasteiger partial charge < -0.3 is 24.0 Å². The zero-order chi connectivity index (χ0) is 24.8. The third-order valence-corrected chi connectivity index (χ3v) is 7.04. The van der Waals surface area contributed by atoms with Crippen LogP contribution in [0.1, 0.15) is 62.6 Å². The largest absolute Gasteiger partial charge is 0.497 e. The van der Waals surface area contributed by atoms with Gasteiger partial charge in [-0.25, -0.2) is 0 Å². The molecule has 2 fully saturated rings. The summed E-state index contributed by atoms with van der Waals surface area (Å²) in [5, 5.41) is 0. The molecule has 7 heteroatoms. The number of benzene rings is 2. The fourth-order valence-electron chi connectivity index (χ4n) is 5.19. The standard InChI is InChI=1S/C28H36N2O5/c1-4-35-24-16-13-21(17-25(24)34-3)27-28(32)29(22-9-7-5-6-8-10-22)19-26(31)30(27)18-20-11-14-23(33-2)15-12-20/h11-17,22,27H,4-10,18-19H2,1-3H3/t27-/m0/s1. The quantitative estimate of drug-likeness (QED) is 0.511. The van der Waals surface area contributed by atoms with Gasteiger partial charge in [0, 0.05) is 12.6 Å². The minimum absolute atomic E-state index is 0.0174. The van der Waals surface area contributed by atoms with E-state index in [0.717, 1.165) is 42.6 Å². The number of nitrogens with zero attached hydrogens (tertiary/aromatic N) is 2.